The van der Waals surface area contributed by atoms with Crippen molar-refractivity contribution in [2.45, 2.75) is 39.2 Å². The molecule has 0 saturated carbocycles. The zero-order chi connectivity index (χ0) is 13.2. The molecule has 1 amide bonds. The summed E-state index contributed by atoms with van der Waals surface area (Å²) in [6, 6.07) is 0.391. The van der Waals surface area contributed by atoms with Crippen LogP contribution in [0.2, 0.25) is 0 Å². The molecule has 0 spiro atoms. The van der Waals surface area contributed by atoms with Gasteiger partial charge in [-0.15, -0.1) is 0 Å². The van der Waals surface area contributed by atoms with Crippen LogP contribution in [0.25, 0.3) is 0 Å². The standard InChI is InChI=1S/C14H27N3O/c1-4-12-10-16(3)8-5-9-17(12)13(18)14(2)6-7-15-11-14/h12,15H,4-11H2,1-3H3. The van der Waals surface area contributed by atoms with Crippen LogP contribution in [0.1, 0.15) is 33.1 Å². The van der Waals surface area contributed by atoms with Gasteiger partial charge in [0.05, 0.1) is 5.41 Å². The number of rotatable bonds is 2. The lowest BCUT2D eigenvalue weighted by Gasteiger charge is -2.36. The molecule has 2 saturated heterocycles. The van der Waals surface area contributed by atoms with Gasteiger partial charge in [0.2, 0.25) is 5.91 Å². The van der Waals surface area contributed by atoms with Gasteiger partial charge in [-0.05, 0) is 46.3 Å². The van der Waals surface area contributed by atoms with Gasteiger partial charge in [-0.3, -0.25) is 4.79 Å². The highest BCUT2D eigenvalue weighted by molar-refractivity contribution is 5.83. The van der Waals surface area contributed by atoms with E-state index < -0.39 is 0 Å². The lowest BCUT2D eigenvalue weighted by atomic mass is 9.87. The average Bonchev–Trinajstić information content (AvgIpc) is 2.70. The molecule has 104 valence electrons. The van der Waals surface area contributed by atoms with E-state index in [1.165, 1.54) is 0 Å². The van der Waals surface area contributed by atoms with E-state index in [0.29, 0.717) is 11.9 Å². The highest BCUT2D eigenvalue weighted by atomic mass is 16.2. The smallest absolute Gasteiger partial charge is 0.230 e. The lowest BCUT2D eigenvalue weighted by molar-refractivity contribution is -0.142. The van der Waals surface area contributed by atoms with Crippen LogP contribution in [0.5, 0.6) is 0 Å². The highest BCUT2D eigenvalue weighted by Gasteiger charge is 2.41. The monoisotopic (exact) mass is 253 g/mol. The average molecular weight is 253 g/mol. The molecule has 2 heterocycles. The number of likely N-dealkylation sites (N-methyl/N-ethyl adjacent to an activating group) is 1. The van der Waals surface area contributed by atoms with Gasteiger partial charge in [-0.25, -0.2) is 0 Å². The minimum atomic E-state index is -0.170. The summed E-state index contributed by atoms with van der Waals surface area (Å²) in [6.07, 6.45) is 3.14. The predicted molar refractivity (Wildman–Crippen MR) is 73.5 cm³/mol. The second-order valence-corrected chi connectivity index (χ2v) is 6.16. The maximum Gasteiger partial charge on any atom is 0.230 e. The lowest BCUT2D eigenvalue weighted by Crippen LogP contribution is -2.50. The fourth-order valence-electron chi connectivity index (χ4n) is 3.21. The second-order valence-electron chi connectivity index (χ2n) is 6.16. The summed E-state index contributed by atoms with van der Waals surface area (Å²) in [4.78, 5) is 17.3. The molecule has 2 atom stereocenters. The summed E-state index contributed by atoms with van der Waals surface area (Å²) in [5, 5.41) is 3.33. The quantitative estimate of drug-likeness (QED) is 0.795. The van der Waals surface area contributed by atoms with Crippen molar-refractivity contribution in [3.63, 3.8) is 0 Å². The van der Waals surface area contributed by atoms with Gasteiger partial charge >= 0.3 is 0 Å². The van der Waals surface area contributed by atoms with E-state index in [1.807, 2.05) is 0 Å². The van der Waals surface area contributed by atoms with Gasteiger partial charge in [0.1, 0.15) is 0 Å². The third-order valence-corrected chi connectivity index (χ3v) is 4.52. The van der Waals surface area contributed by atoms with Crippen LogP contribution in [-0.2, 0) is 4.79 Å². The molecule has 0 aromatic carbocycles. The van der Waals surface area contributed by atoms with Crippen LogP contribution in [0, 0.1) is 5.41 Å². The van der Waals surface area contributed by atoms with E-state index in [-0.39, 0.29) is 5.41 Å². The van der Waals surface area contributed by atoms with E-state index in [0.717, 1.165) is 52.0 Å². The van der Waals surface area contributed by atoms with Crippen LogP contribution in [0.15, 0.2) is 0 Å². The van der Waals surface area contributed by atoms with Crippen molar-refractivity contribution < 1.29 is 4.79 Å². The van der Waals surface area contributed by atoms with Gasteiger partial charge in [0.25, 0.3) is 0 Å². The van der Waals surface area contributed by atoms with Gasteiger partial charge in [0, 0.05) is 25.7 Å². The first-order valence-electron chi connectivity index (χ1n) is 7.27. The molecule has 2 rings (SSSR count). The molecule has 4 heteroatoms. The number of amides is 1. The molecule has 0 radical (unpaired) electrons. The zero-order valence-electron chi connectivity index (χ0n) is 12.0. The summed E-state index contributed by atoms with van der Waals surface area (Å²) in [5.41, 5.74) is -0.170. The Hall–Kier alpha value is -0.610. The second kappa shape index (κ2) is 5.57. The minimum absolute atomic E-state index is 0.170. The normalized spacial score (nSPS) is 34.6. The van der Waals surface area contributed by atoms with E-state index >= 15 is 0 Å². The number of nitrogens with zero attached hydrogens (tertiary/aromatic N) is 2. The third kappa shape index (κ3) is 2.69. The third-order valence-electron chi connectivity index (χ3n) is 4.52. The number of hydrogen-bond donors (Lipinski definition) is 1. The Kier molecular flexibility index (Phi) is 4.28. The zero-order valence-corrected chi connectivity index (χ0v) is 12.0. The van der Waals surface area contributed by atoms with Crippen molar-refractivity contribution in [3.05, 3.63) is 0 Å². The van der Waals surface area contributed by atoms with Crippen LogP contribution in [-0.4, -0.2) is 61.5 Å². The molecular formula is C14H27N3O. The molecule has 0 aliphatic carbocycles. The van der Waals surface area contributed by atoms with Gasteiger partial charge in [0.15, 0.2) is 0 Å². The van der Waals surface area contributed by atoms with E-state index in [4.69, 9.17) is 0 Å². The van der Waals surface area contributed by atoms with Crippen LogP contribution < -0.4 is 5.32 Å². The van der Waals surface area contributed by atoms with Gasteiger partial charge in [-0.1, -0.05) is 6.92 Å². The summed E-state index contributed by atoms with van der Waals surface area (Å²) in [6.45, 7) is 9.19. The molecule has 0 aromatic heterocycles. The Labute approximate surface area is 111 Å². The fourth-order valence-corrected chi connectivity index (χ4v) is 3.21. The first kappa shape index (κ1) is 13.8. The maximum absolute atomic E-state index is 12.8. The largest absolute Gasteiger partial charge is 0.338 e. The molecule has 0 bridgehead atoms. The van der Waals surface area contributed by atoms with Crippen molar-refractivity contribution in [3.8, 4) is 0 Å². The summed E-state index contributed by atoms with van der Waals surface area (Å²) in [7, 11) is 2.16. The Morgan fingerprint density at radius 2 is 2.22 bits per heavy atom. The molecular weight excluding hydrogens is 226 g/mol. The van der Waals surface area contributed by atoms with E-state index in [9.17, 15) is 4.79 Å². The minimum Gasteiger partial charge on any atom is -0.338 e. The first-order valence-corrected chi connectivity index (χ1v) is 7.27. The molecule has 2 unspecified atom stereocenters. The SMILES string of the molecule is CCC1CN(C)CCCN1C(=O)C1(C)CCNC1. The molecule has 0 aromatic rings. The molecule has 1 N–H and O–H groups in total. The van der Waals surface area contributed by atoms with Crippen LogP contribution >= 0.6 is 0 Å². The Morgan fingerprint density at radius 3 is 2.83 bits per heavy atom. The Bertz CT molecular complexity index is 299. The molecule has 2 fully saturated rings. The summed E-state index contributed by atoms with van der Waals surface area (Å²) >= 11 is 0. The topological polar surface area (TPSA) is 35.6 Å². The first-order chi connectivity index (χ1) is 8.57. The number of nitrogens with one attached hydrogen (secondary N) is 1. The number of carbonyl (C=O) groups is 1. The summed E-state index contributed by atoms with van der Waals surface area (Å²) in [5.74, 6) is 0.370. The maximum atomic E-state index is 12.8. The number of carbonyl (C=O) groups excluding carboxylic acids is 1. The van der Waals surface area contributed by atoms with Gasteiger partial charge in [-0.2, -0.15) is 0 Å². The molecule has 2 aliphatic heterocycles. The van der Waals surface area contributed by atoms with Crippen molar-refractivity contribution in [2.24, 2.45) is 5.41 Å². The molecule has 4 nitrogen and oxygen atoms in total. The van der Waals surface area contributed by atoms with Crippen molar-refractivity contribution in [2.75, 3.05) is 39.8 Å². The Morgan fingerprint density at radius 1 is 1.44 bits per heavy atom. The van der Waals surface area contributed by atoms with Crippen molar-refractivity contribution >= 4 is 5.91 Å². The van der Waals surface area contributed by atoms with E-state index in [1.54, 1.807) is 0 Å². The Balaban J connectivity index is 2.11. The van der Waals surface area contributed by atoms with Crippen molar-refractivity contribution in [1.82, 2.24) is 15.1 Å². The van der Waals surface area contributed by atoms with Crippen LogP contribution in [0.3, 0.4) is 0 Å². The van der Waals surface area contributed by atoms with Gasteiger partial charge < -0.3 is 15.1 Å². The number of hydrogen-bond acceptors (Lipinski definition) is 3. The highest BCUT2D eigenvalue weighted by Crippen LogP contribution is 2.29. The fraction of sp³-hybridized carbons (Fsp3) is 0.929. The molecule has 18 heavy (non-hydrogen) atoms. The van der Waals surface area contributed by atoms with Crippen LogP contribution in [0.4, 0.5) is 0 Å². The summed E-state index contributed by atoms with van der Waals surface area (Å²) < 4.78 is 0. The predicted octanol–water partition coefficient (Wildman–Crippen LogP) is 0.929. The molecule has 2 aliphatic rings. The van der Waals surface area contributed by atoms with Crippen molar-refractivity contribution in [1.29, 1.82) is 0 Å². The van der Waals surface area contributed by atoms with E-state index in [2.05, 4.69) is 36.0 Å².